The van der Waals surface area contributed by atoms with Crippen molar-refractivity contribution >= 4 is 11.9 Å². The highest BCUT2D eigenvalue weighted by Gasteiger charge is 2.33. The summed E-state index contributed by atoms with van der Waals surface area (Å²) in [7, 11) is 0. The smallest absolute Gasteiger partial charge is 0.317 e. The summed E-state index contributed by atoms with van der Waals surface area (Å²) in [6, 6.07) is 6.47. The SMILES string of the molecule is CC(C(=O)NCc1ccccc1F)N1CCC(N2CCNC2=O)CC1. The summed E-state index contributed by atoms with van der Waals surface area (Å²) in [6.07, 6.45) is 1.75. The fourth-order valence-corrected chi connectivity index (χ4v) is 3.56. The summed E-state index contributed by atoms with van der Waals surface area (Å²) in [6.45, 7) is 5.11. The molecule has 2 saturated heterocycles. The van der Waals surface area contributed by atoms with Crippen molar-refractivity contribution < 1.29 is 14.0 Å². The largest absolute Gasteiger partial charge is 0.351 e. The highest BCUT2D eigenvalue weighted by Crippen LogP contribution is 2.20. The molecule has 1 atom stereocenters. The van der Waals surface area contributed by atoms with Gasteiger partial charge >= 0.3 is 6.03 Å². The van der Waals surface area contributed by atoms with Crippen LogP contribution in [0.5, 0.6) is 0 Å². The van der Waals surface area contributed by atoms with Gasteiger partial charge in [-0.05, 0) is 25.8 Å². The van der Waals surface area contributed by atoms with Crippen molar-refractivity contribution in [2.45, 2.75) is 38.4 Å². The Morgan fingerprint density at radius 2 is 2.04 bits per heavy atom. The highest BCUT2D eigenvalue weighted by molar-refractivity contribution is 5.81. The first-order chi connectivity index (χ1) is 12.1. The van der Waals surface area contributed by atoms with E-state index >= 15 is 0 Å². The number of urea groups is 1. The molecule has 3 rings (SSSR count). The molecule has 1 unspecified atom stereocenters. The molecule has 2 aliphatic rings. The van der Waals surface area contributed by atoms with Gasteiger partial charge in [0.25, 0.3) is 0 Å². The lowest BCUT2D eigenvalue weighted by Gasteiger charge is -2.38. The van der Waals surface area contributed by atoms with Gasteiger partial charge in [-0.15, -0.1) is 0 Å². The Morgan fingerprint density at radius 3 is 2.68 bits per heavy atom. The molecule has 1 aromatic rings. The molecule has 2 N–H and O–H groups in total. The molecule has 0 saturated carbocycles. The lowest BCUT2D eigenvalue weighted by atomic mass is 10.0. The monoisotopic (exact) mass is 348 g/mol. The molecule has 7 heteroatoms. The Bertz CT molecular complexity index is 631. The van der Waals surface area contributed by atoms with Crippen LogP contribution in [-0.4, -0.2) is 60.0 Å². The van der Waals surface area contributed by atoms with E-state index in [-0.39, 0.29) is 36.4 Å². The van der Waals surface area contributed by atoms with Gasteiger partial charge in [0.1, 0.15) is 5.82 Å². The van der Waals surface area contributed by atoms with E-state index in [0.717, 1.165) is 32.5 Å². The Kier molecular flexibility index (Phi) is 5.53. The second-order valence-corrected chi connectivity index (χ2v) is 6.68. The number of piperidine rings is 1. The van der Waals surface area contributed by atoms with Crippen LogP contribution >= 0.6 is 0 Å². The minimum absolute atomic E-state index is 0.0223. The maximum absolute atomic E-state index is 13.6. The van der Waals surface area contributed by atoms with Gasteiger partial charge in [-0.1, -0.05) is 18.2 Å². The fraction of sp³-hybridized carbons (Fsp3) is 0.556. The van der Waals surface area contributed by atoms with E-state index in [1.807, 2.05) is 11.8 Å². The maximum Gasteiger partial charge on any atom is 0.317 e. The number of nitrogens with one attached hydrogen (secondary N) is 2. The average Bonchev–Trinajstić information content (AvgIpc) is 3.06. The van der Waals surface area contributed by atoms with Crippen LogP contribution in [0.3, 0.4) is 0 Å². The van der Waals surface area contributed by atoms with Crippen molar-refractivity contribution in [1.29, 1.82) is 0 Å². The number of carbonyl (C=O) groups excluding carboxylic acids is 2. The van der Waals surface area contributed by atoms with Crippen molar-refractivity contribution in [3.05, 3.63) is 35.6 Å². The van der Waals surface area contributed by atoms with E-state index in [1.54, 1.807) is 18.2 Å². The van der Waals surface area contributed by atoms with Crippen LogP contribution in [0.15, 0.2) is 24.3 Å². The predicted octanol–water partition coefficient (Wildman–Crippen LogP) is 1.32. The number of rotatable bonds is 5. The molecule has 136 valence electrons. The molecule has 0 bridgehead atoms. The molecule has 0 aliphatic carbocycles. The lowest BCUT2D eigenvalue weighted by molar-refractivity contribution is -0.126. The number of hydrogen-bond acceptors (Lipinski definition) is 3. The van der Waals surface area contributed by atoms with Gasteiger partial charge in [-0.25, -0.2) is 9.18 Å². The molecule has 2 heterocycles. The number of carbonyl (C=O) groups is 2. The van der Waals surface area contributed by atoms with E-state index in [0.29, 0.717) is 12.1 Å². The van der Waals surface area contributed by atoms with E-state index in [2.05, 4.69) is 15.5 Å². The number of likely N-dealkylation sites (tertiary alicyclic amines) is 1. The van der Waals surface area contributed by atoms with Gasteiger partial charge in [-0.3, -0.25) is 9.69 Å². The summed E-state index contributed by atoms with van der Waals surface area (Å²) in [5.74, 6) is -0.402. The summed E-state index contributed by atoms with van der Waals surface area (Å²) >= 11 is 0. The molecular formula is C18H25FN4O2. The molecule has 0 radical (unpaired) electrons. The maximum atomic E-state index is 13.6. The zero-order valence-electron chi connectivity index (χ0n) is 14.5. The van der Waals surface area contributed by atoms with E-state index in [9.17, 15) is 14.0 Å². The van der Waals surface area contributed by atoms with Crippen LogP contribution in [0.25, 0.3) is 0 Å². The second kappa shape index (κ2) is 7.82. The zero-order chi connectivity index (χ0) is 17.8. The van der Waals surface area contributed by atoms with Gasteiger partial charge < -0.3 is 15.5 Å². The van der Waals surface area contributed by atoms with Crippen LogP contribution in [0.2, 0.25) is 0 Å². The zero-order valence-corrected chi connectivity index (χ0v) is 14.5. The summed E-state index contributed by atoms with van der Waals surface area (Å²) in [5, 5.41) is 5.65. The molecule has 1 aromatic carbocycles. The Labute approximate surface area is 147 Å². The number of hydrogen-bond donors (Lipinski definition) is 2. The first kappa shape index (κ1) is 17.7. The van der Waals surface area contributed by atoms with Crippen molar-refractivity contribution in [3.63, 3.8) is 0 Å². The normalized spacial score (nSPS) is 20.4. The van der Waals surface area contributed by atoms with Crippen molar-refractivity contribution in [2.75, 3.05) is 26.2 Å². The summed E-state index contributed by atoms with van der Waals surface area (Å²) in [5.41, 5.74) is 0.488. The van der Waals surface area contributed by atoms with Gasteiger partial charge in [-0.2, -0.15) is 0 Å². The Balaban J connectivity index is 1.47. The number of benzene rings is 1. The third-order valence-electron chi connectivity index (χ3n) is 5.17. The Hall–Kier alpha value is -2.15. The average molecular weight is 348 g/mol. The molecular weight excluding hydrogens is 323 g/mol. The minimum Gasteiger partial charge on any atom is -0.351 e. The third-order valence-corrected chi connectivity index (χ3v) is 5.17. The fourth-order valence-electron chi connectivity index (χ4n) is 3.56. The summed E-state index contributed by atoms with van der Waals surface area (Å²) in [4.78, 5) is 28.1. The van der Waals surface area contributed by atoms with Crippen LogP contribution in [0, 0.1) is 5.82 Å². The van der Waals surface area contributed by atoms with Gasteiger partial charge in [0.15, 0.2) is 0 Å². The van der Waals surface area contributed by atoms with E-state index < -0.39 is 0 Å². The van der Waals surface area contributed by atoms with Crippen molar-refractivity contribution in [1.82, 2.24) is 20.4 Å². The van der Waals surface area contributed by atoms with Gasteiger partial charge in [0.05, 0.1) is 6.04 Å². The molecule has 3 amide bonds. The predicted molar refractivity (Wildman–Crippen MR) is 92.4 cm³/mol. The molecule has 6 nitrogen and oxygen atoms in total. The van der Waals surface area contributed by atoms with Crippen LogP contribution in [-0.2, 0) is 11.3 Å². The number of halogens is 1. The lowest BCUT2D eigenvalue weighted by Crippen LogP contribution is -2.52. The van der Waals surface area contributed by atoms with Gasteiger partial charge in [0.2, 0.25) is 5.91 Å². The molecule has 0 aromatic heterocycles. The van der Waals surface area contributed by atoms with Crippen LogP contribution in [0.4, 0.5) is 9.18 Å². The standard InChI is InChI=1S/C18H25FN4O2/c1-13(17(24)21-12-14-4-2-3-5-16(14)19)22-9-6-15(7-10-22)23-11-8-20-18(23)25/h2-5,13,15H,6-12H2,1H3,(H,20,25)(H,21,24). The molecule has 25 heavy (non-hydrogen) atoms. The molecule has 0 spiro atoms. The summed E-state index contributed by atoms with van der Waals surface area (Å²) < 4.78 is 13.6. The molecule has 2 fully saturated rings. The Morgan fingerprint density at radius 1 is 1.32 bits per heavy atom. The third kappa shape index (κ3) is 4.10. The topological polar surface area (TPSA) is 64.7 Å². The van der Waals surface area contributed by atoms with Crippen molar-refractivity contribution in [3.8, 4) is 0 Å². The second-order valence-electron chi connectivity index (χ2n) is 6.68. The first-order valence-electron chi connectivity index (χ1n) is 8.86. The quantitative estimate of drug-likeness (QED) is 0.844. The van der Waals surface area contributed by atoms with E-state index in [1.165, 1.54) is 6.07 Å². The molecule has 2 aliphatic heterocycles. The van der Waals surface area contributed by atoms with Crippen LogP contribution in [0.1, 0.15) is 25.3 Å². The minimum atomic E-state index is -0.305. The number of amides is 3. The van der Waals surface area contributed by atoms with E-state index in [4.69, 9.17) is 0 Å². The van der Waals surface area contributed by atoms with Crippen LogP contribution < -0.4 is 10.6 Å². The van der Waals surface area contributed by atoms with Crippen molar-refractivity contribution in [2.24, 2.45) is 0 Å². The first-order valence-corrected chi connectivity index (χ1v) is 8.86. The number of nitrogens with zero attached hydrogens (tertiary/aromatic N) is 2. The highest BCUT2D eigenvalue weighted by atomic mass is 19.1. The van der Waals surface area contributed by atoms with Gasteiger partial charge in [0, 0.05) is 44.3 Å².